The first-order valence-corrected chi connectivity index (χ1v) is 5.41. The van der Waals surface area contributed by atoms with Gasteiger partial charge in [-0.05, 0) is 6.07 Å². The van der Waals surface area contributed by atoms with Crippen molar-refractivity contribution in [2.45, 2.75) is 0 Å². The summed E-state index contributed by atoms with van der Waals surface area (Å²) < 4.78 is 64.0. The van der Waals surface area contributed by atoms with E-state index >= 15 is 0 Å². The van der Waals surface area contributed by atoms with E-state index in [1.165, 1.54) is 0 Å². The molecular weight excluding hydrogens is 301 g/mol. The molecule has 0 unspecified atom stereocenters. The number of halogens is 5. The second-order valence-corrected chi connectivity index (χ2v) is 3.68. The smallest absolute Gasteiger partial charge is 0.341 e. The first kappa shape index (κ1) is 16.6. The predicted molar refractivity (Wildman–Crippen MR) is 60.3 cm³/mol. The van der Waals surface area contributed by atoms with Crippen LogP contribution in [-0.4, -0.2) is 30.1 Å². The molecule has 0 fully saturated rings. The zero-order valence-corrected chi connectivity index (χ0v) is 10.2. The van der Waals surface area contributed by atoms with E-state index in [1.807, 2.05) is 0 Å². The number of ketones is 1. The predicted octanol–water partition coefficient (Wildman–Crippen LogP) is 1.95. The monoisotopic (exact) mass is 309 g/mol. The lowest BCUT2D eigenvalue weighted by atomic mass is 10.0. The number of carboxylic acids is 1. The summed E-state index contributed by atoms with van der Waals surface area (Å²) >= 11 is 0. The SMILES string of the molecule is O=C(O)/C(=C/NCCF)C(=O)c1cc(F)c(F)c(F)c1F. The topological polar surface area (TPSA) is 66.4 Å². The number of hydrogen-bond acceptors (Lipinski definition) is 3. The first-order chi connectivity index (χ1) is 9.81. The van der Waals surface area contributed by atoms with E-state index in [2.05, 4.69) is 5.32 Å². The van der Waals surface area contributed by atoms with Gasteiger partial charge in [-0.2, -0.15) is 0 Å². The molecule has 2 N–H and O–H groups in total. The summed E-state index contributed by atoms with van der Waals surface area (Å²) in [7, 11) is 0. The van der Waals surface area contributed by atoms with Gasteiger partial charge in [-0.3, -0.25) is 4.79 Å². The Bertz CT molecular complexity index is 615. The number of nitrogens with one attached hydrogen (secondary N) is 1. The van der Waals surface area contributed by atoms with E-state index in [1.54, 1.807) is 0 Å². The normalized spacial score (nSPS) is 11.4. The van der Waals surface area contributed by atoms with Gasteiger partial charge in [-0.25, -0.2) is 26.7 Å². The number of carbonyl (C=O) groups is 2. The lowest BCUT2D eigenvalue weighted by Gasteiger charge is -2.06. The minimum Gasteiger partial charge on any atom is -0.477 e. The maximum absolute atomic E-state index is 13.4. The van der Waals surface area contributed by atoms with Crippen LogP contribution >= 0.6 is 0 Å². The van der Waals surface area contributed by atoms with Gasteiger partial charge in [0.25, 0.3) is 0 Å². The summed E-state index contributed by atoms with van der Waals surface area (Å²) in [5, 5.41) is 10.9. The molecule has 1 aromatic rings. The van der Waals surface area contributed by atoms with Gasteiger partial charge in [0, 0.05) is 12.7 Å². The first-order valence-electron chi connectivity index (χ1n) is 5.41. The number of Topliss-reactive ketones (excluding diaryl/α,β-unsaturated/α-hetero) is 1. The highest BCUT2D eigenvalue weighted by molar-refractivity contribution is 6.23. The van der Waals surface area contributed by atoms with Crippen molar-refractivity contribution in [1.82, 2.24) is 5.32 Å². The van der Waals surface area contributed by atoms with Crippen molar-refractivity contribution in [3.8, 4) is 0 Å². The number of alkyl halides is 1. The highest BCUT2D eigenvalue weighted by Crippen LogP contribution is 2.21. The molecule has 0 aliphatic carbocycles. The number of carboxylic acid groups (broad SMARTS) is 1. The molecule has 21 heavy (non-hydrogen) atoms. The van der Waals surface area contributed by atoms with Crippen LogP contribution in [0, 0.1) is 23.3 Å². The van der Waals surface area contributed by atoms with E-state index in [-0.39, 0.29) is 12.6 Å². The van der Waals surface area contributed by atoms with Crippen molar-refractivity contribution in [2.75, 3.05) is 13.2 Å². The minimum atomic E-state index is -2.24. The van der Waals surface area contributed by atoms with Gasteiger partial charge in [-0.1, -0.05) is 0 Å². The average Bonchev–Trinajstić information content (AvgIpc) is 2.44. The zero-order chi connectivity index (χ0) is 16.2. The summed E-state index contributed by atoms with van der Waals surface area (Å²) in [5.41, 5.74) is -2.38. The Hall–Kier alpha value is -2.45. The fourth-order valence-corrected chi connectivity index (χ4v) is 1.34. The van der Waals surface area contributed by atoms with Crippen LogP contribution in [0.15, 0.2) is 17.8 Å². The van der Waals surface area contributed by atoms with Crippen molar-refractivity contribution in [3.05, 3.63) is 46.7 Å². The van der Waals surface area contributed by atoms with Crippen molar-refractivity contribution >= 4 is 11.8 Å². The quantitative estimate of drug-likeness (QED) is 0.123. The molecule has 0 amide bonds. The Labute approximate surface area is 114 Å². The van der Waals surface area contributed by atoms with Gasteiger partial charge in [0.15, 0.2) is 23.3 Å². The molecule has 0 heterocycles. The molecule has 0 bridgehead atoms. The van der Waals surface area contributed by atoms with E-state index in [0.29, 0.717) is 6.20 Å². The molecule has 0 aliphatic rings. The molecule has 0 saturated heterocycles. The Morgan fingerprint density at radius 3 is 2.29 bits per heavy atom. The number of rotatable bonds is 6. The maximum atomic E-state index is 13.4. The van der Waals surface area contributed by atoms with Crippen LogP contribution in [-0.2, 0) is 4.79 Å². The van der Waals surface area contributed by atoms with Crippen LogP contribution in [0.2, 0.25) is 0 Å². The average molecular weight is 309 g/mol. The van der Waals surface area contributed by atoms with Gasteiger partial charge in [0.2, 0.25) is 5.78 Å². The van der Waals surface area contributed by atoms with Crippen molar-refractivity contribution < 1.29 is 36.6 Å². The summed E-state index contributed by atoms with van der Waals surface area (Å²) in [5.74, 6) is -11.7. The molecule has 0 atom stereocenters. The molecule has 4 nitrogen and oxygen atoms in total. The molecule has 0 radical (unpaired) electrons. The van der Waals surface area contributed by atoms with Gasteiger partial charge in [-0.15, -0.1) is 0 Å². The molecule has 0 aromatic heterocycles. The summed E-state index contributed by atoms with van der Waals surface area (Å²) in [6, 6.07) is 0.0437. The Morgan fingerprint density at radius 2 is 1.76 bits per heavy atom. The molecule has 0 aliphatic heterocycles. The Kier molecular flexibility index (Phi) is 5.39. The molecule has 114 valence electrons. The summed E-state index contributed by atoms with van der Waals surface area (Å²) in [6.07, 6.45) is 0.558. The third-order valence-corrected chi connectivity index (χ3v) is 2.31. The summed E-state index contributed by atoms with van der Waals surface area (Å²) in [4.78, 5) is 22.6. The Morgan fingerprint density at radius 1 is 1.14 bits per heavy atom. The highest BCUT2D eigenvalue weighted by Gasteiger charge is 2.27. The van der Waals surface area contributed by atoms with Crippen LogP contribution in [0.1, 0.15) is 10.4 Å². The lowest BCUT2D eigenvalue weighted by Crippen LogP contribution is -2.20. The second kappa shape index (κ2) is 6.82. The van der Waals surface area contributed by atoms with Crippen molar-refractivity contribution in [1.29, 1.82) is 0 Å². The van der Waals surface area contributed by atoms with Crippen LogP contribution < -0.4 is 5.32 Å². The third kappa shape index (κ3) is 3.56. The second-order valence-electron chi connectivity index (χ2n) is 3.68. The molecule has 0 spiro atoms. The zero-order valence-electron chi connectivity index (χ0n) is 10.2. The van der Waals surface area contributed by atoms with E-state index < -0.39 is 52.8 Å². The number of aliphatic carboxylic acids is 1. The molecular formula is C12H8F5NO3. The number of hydrogen-bond donors (Lipinski definition) is 2. The maximum Gasteiger partial charge on any atom is 0.341 e. The van der Waals surface area contributed by atoms with E-state index in [9.17, 15) is 31.5 Å². The van der Waals surface area contributed by atoms with Crippen molar-refractivity contribution in [3.63, 3.8) is 0 Å². The van der Waals surface area contributed by atoms with Gasteiger partial charge >= 0.3 is 5.97 Å². The number of carbonyl (C=O) groups excluding carboxylic acids is 1. The van der Waals surface area contributed by atoms with E-state index in [0.717, 1.165) is 0 Å². The number of benzene rings is 1. The van der Waals surface area contributed by atoms with Crippen LogP contribution in [0.25, 0.3) is 0 Å². The van der Waals surface area contributed by atoms with Gasteiger partial charge in [0.1, 0.15) is 12.2 Å². The molecule has 1 rings (SSSR count). The van der Waals surface area contributed by atoms with E-state index in [4.69, 9.17) is 5.11 Å². The fourth-order valence-electron chi connectivity index (χ4n) is 1.34. The van der Waals surface area contributed by atoms with Gasteiger partial charge < -0.3 is 10.4 Å². The lowest BCUT2D eigenvalue weighted by molar-refractivity contribution is -0.132. The van der Waals surface area contributed by atoms with Crippen LogP contribution in [0.5, 0.6) is 0 Å². The Balaban J connectivity index is 3.28. The van der Waals surface area contributed by atoms with Crippen molar-refractivity contribution in [2.24, 2.45) is 0 Å². The van der Waals surface area contributed by atoms with Crippen LogP contribution in [0.4, 0.5) is 22.0 Å². The fraction of sp³-hybridized carbons (Fsp3) is 0.167. The standard InChI is InChI=1S/C12H8F5NO3/c13-1-2-18-4-6(12(20)21)11(19)5-3-7(14)9(16)10(17)8(5)15/h3-4,18H,1-2H2,(H,20,21)/b6-4+. The molecule has 1 aromatic carbocycles. The highest BCUT2D eigenvalue weighted by atomic mass is 19.2. The molecule has 9 heteroatoms. The van der Waals surface area contributed by atoms with Gasteiger partial charge in [0.05, 0.1) is 5.56 Å². The third-order valence-electron chi connectivity index (χ3n) is 2.31. The summed E-state index contributed by atoms with van der Waals surface area (Å²) in [6.45, 7) is -1.22. The largest absolute Gasteiger partial charge is 0.477 e. The molecule has 0 saturated carbocycles. The van der Waals surface area contributed by atoms with Crippen LogP contribution in [0.3, 0.4) is 0 Å². The minimum absolute atomic E-state index is 0.0437.